The molecule has 0 aromatic heterocycles. The zero-order valence-electron chi connectivity index (χ0n) is 12.4. The molecule has 2 nitrogen and oxygen atoms in total. The molecular formula is C18H17ClO2. The van der Waals surface area contributed by atoms with Crippen molar-refractivity contribution < 1.29 is 9.53 Å². The molecule has 3 heteroatoms. The molecular weight excluding hydrogens is 284 g/mol. The fraction of sp³-hybridized carbons (Fsp3) is 0.278. The van der Waals surface area contributed by atoms with Crippen LogP contribution in [0.1, 0.15) is 40.9 Å². The molecule has 0 atom stereocenters. The van der Waals surface area contributed by atoms with E-state index in [-0.39, 0.29) is 11.2 Å². The molecule has 3 rings (SSSR count). The van der Waals surface area contributed by atoms with Gasteiger partial charge in [-0.25, -0.2) is 0 Å². The van der Waals surface area contributed by atoms with E-state index in [1.807, 2.05) is 31.2 Å². The third-order valence-corrected chi connectivity index (χ3v) is 4.24. The van der Waals surface area contributed by atoms with Crippen molar-refractivity contribution in [2.45, 2.75) is 26.2 Å². The van der Waals surface area contributed by atoms with E-state index in [1.54, 1.807) is 12.1 Å². The van der Waals surface area contributed by atoms with Gasteiger partial charge < -0.3 is 4.74 Å². The monoisotopic (exact) mass is 300 g/mol. The molecule has 0 fully saturated rings. The van der Waals surface area contributed by atoms with Gasteiger partial charge in [0, 0.05) is 27.1 Å². The van der Waals surface area contributed by atoms with E-state index in [0.717, 1.165) is 16.9 Å². The zero-order chi connectivity index (χ0) is 15.2. The van der Waals surface area contributed by atoms with Crippen LogP contribution in [0.5, 0.6) is 5.75 Å². The lowest BCUT2D eigenvalue weighted by molar-refractivity contribution is 0.103. The number of hydrogen-bond acceptors (Lipinski definition) is 2. The third-order valence-electron chi connectivity index (χ3n) is 4.00. The maximum atomic E-state index is 12.7. The van der Waals surface area contributed by atoms with Gasteiger partial charge in [0.25, 0.3) is 0 Å². The summed E-state index contributed by atoms with van der Waals surface area (Å²) in [5, 5.41) is 0.578. The summed E-state index contributed by atoms with van der Waals surface area (Å²) in [7, 11) is 0. The summed E-state index contributed by atoms with van der Waals surface area (Å²) < 4.78 is 5.66. The fourth-order valence-electron chi connectivity index (χ4n) is 2.66. The van der Waals surface area contributed by atoms with E-state index in [9.17, 15) is 4.79 Å². The van der Waals surface area contributed by atoms with Gasteiger partial charge in [-0.1, -0.05) is 31.5 Å². The first-order valence-electron chi connectivity index (χ1n) is 6.97. The number of ketones is 1. The van der Waals surface area contributed by atoms with Crippen LogP contribution in [0.25, 0.3) is 0 Å². The van der Waals surface area contributed by atoms with Crippen LogP contribution in [-0.4, -0.2) is 12.4 Å². The van der Waals surface area contributed by atoms with Gasteiger partial charge >= 0.3 is 0 Å². The Bertz CT molecular complexity index is 732. The molecule has 1 aliphatic rings. The van der Waals surface area contributed by atoms with Crippen molar-refractivity contribution in [3.63, 3.8) is 0 Å². The highest BCUT2D eigenvalue weighted by Crippen LogP contribution is 2.39. The van der Waals surface area contributed by atoms with E-state index in [1.165, 1.54) is 0 Å². The Morgan fingerprint density at radius 3 is 2.71 bits per heavy atom. The van der Waals surface area contributed by atoms with Crippen LogP contribution in [0.3, 0.4) is 0 Å². The van der Waals surface area contributed by atoms with Crippen molar-refractivity contribution in [2.24, 2.45) is 0 Å². The van der Waals surface area contributed by atoms with Crippen molar-refractivity contribution in [3.05, 3.63) is 63.7 Å². The Morgan fingerprint density at radius 1 is 1.19 bits per heavy atom. The molecule has 0 N–H and O–H groups in total. The summed E-state index contributed by atoms with van der Waals surface area (Å²) in [6.07, 6.45) is 0. The van der Waals surface area contributed by atoms with Crippen LogP contribution < -0.4 is 4.74 Å². The zero-order valence-corrected chi connectivity index (χ0v) is 13.1. The smallest absolute Gasteiger partial charge is 0.193 e. The lowest BCUT2D eigenvalue weighted by Crippen LogP contribution is -2.18. The molecule has 1 aliphatic heterocycles. The maximum absolute atomic E-state index is 12.7. The highest BCUT2D eigenvalue weighted by atomic mass is 35.5. The first kappa shape index (κ1) is 14.2. The molecule has 0 saturated heterocycles. The number of hydrogen-bond donors (Lipinski definition) is 0. The van der Waals surface area contributed by atoms with E-state index in [0.29, 0.717) is 22.8 Å². The molecule has 2 aromatic rings. The first-order valence-corrected chi connectivity index (χ1v) is 7.34. The quantitative estimate of drug-likeness (QED) is 0.761. The van der Waals surface area contributed by atoms with Crippen LogP contribution in [0, 0.1) is 6.92 Å². The molecule has 1 heterocycles. The Hall–Kier alpha value is -1.80. The predicted molar refractivity (Wildman–Crippen MR) is 84.6 cm³/mol. The molecule has 0 radical (unpaired) electrons. The molecule has 0 aliphatic carbocycles. The van der Waals surface area contributed by atoms with Gasteiger partial charge in [-0.3, -0.25) is 4.79 Å². The second-order valence-electron chi connectivity index (χ2n) is 6.17. The average Bonchev–Trinajstić information content (AvgIpc) is 2.76. The minimum atomic E-state index is -0.0605. The maximum Gasteiger partial charge on any atom is 0.193 e. The largest absolute Gasteiger partial charge is 0.492 e. The second kappa shape index (κ2) is 4.88. The van der Waals surface area contributed by atoms with E-state index >= 15 is 0 Å². The Balaban J connectivity index is 2.06. The minimum Gasteiger partial charge on any atom is -0.492 e. The molecule has 2 aromatic carbocycles. The average molecular weight is 301 g/mol. The van der Waals surface area contributed by atoms with Crippen molar-refractivity contribution >= 4 is 17.4 Å². The Morgan fingerprint density at radius 2 is 1.95 bits per heavy atom. The van der Waals surface area contributed by atoms with Crippen LogP contribution in [0.2, 0.25) is 5.02 Å². The molecule has 108 valence electrons. The number of carbonyl (C=O) groups excluding carboxylic acids is 1. The number of carbonyl (C=O) groups is 1. The Kier molecular flexibility index (Phi) is 3.29. The number of rotatable bonds is 2. The van der Waals surface area contributed by atoms with Crippen molar-refractivity contribution in [2.75, 3.05) is 6.61 Å². The highest BCUT2D eigenvalue weighted by Gasteiger charge is 2.32. The molecule has 0 bridgehead atoms. The molecule has 21 heavy (non-hydrogen) atoms. The number of benzene rings is 2. The van der Waals surface area contributed by atoms with E-state index in [4.69, 9.17) is 16.3 Å². The van der Waals surface area contributed by atoms with Gasteiger partial charge in [-0.2, -0.15) is 0 Å². The van der Waals surface area contributed by atoms with Crippen molar-refractivity contribution in [1.82, 2.24) is 0 Å². The molecule has 0 spiro atoms. The number of halogens is 1. The minimum absolute atomic E-state index is 0.000463. The standard InChI is InChI=1S/C18H17ClO2/c1-11-4-6-13(19)9-14(11)17(20)12-5-7-16-15(8-12)18(2,3)10-21-16/h4-9H,10H2,1-3H3. The van der Waals surface area contributed by atoms with Crippen molar-refractivity contribution in [3.8, 4) is 5.75 Å². The van der Waals surface area contributed by atoms with Crippen LogP contribution >= 0.6 is 11.6 Å². The van der Waals surface area contributed by atoms with Gasteiger partial charge in [0.1, 0.15) is 5.75 Å². The van der Waals surface area contributed by atoms with Gasteiger partial charge in [-0.15, -0.1) is 0 Å². The Labute approximate surface area is 129 Å². The van der Waals surface area contributed by atoms with Gasteiger partial charge in [0.05, 0.1) is 6.61 Å². The number of ether oxygens (including phenoxy) is 1. The van der Waals surface area contributed by atoms with Gasteiger partial charge in [0.15, 0.2) is 5.78 Å². The van der Waals surface area contributed by atoms with Crippen molar-refractivity contribution in [1.29, 1.82) is 0 Å². The summed E-state index contributed by atoms with van der Waals surface area (Å²) >= 11 is 6.02. The SMILES string of the molecule is Cc1ccc(Cl)cc1C(=O)c1ccc2c(c1)C(C)(C)CO2. The van der Waals surface area contributed by atoms with Crippen LogP contribution in [-0.2, 0) is 5.41 Å². The number of aryl methyl sites for hydroxylation is 1. The summed E-state index contributed by atoms with van der Waals surface area (Å²) in [6.45, 7) is 6.82. The highest BCUT2D eigenvalue weighted by molar-refractivity contribution is 6.31. The summed E-state index contributed by atoms with van der Waals surface area (Å²) in [6, 6.07) is 11.1. The van der Waals surface area contributed by atoms with Crippen LogP contribution in [0.4, 0.5) is 0 Å². The molecule has 0 unspecified atom stereocenters. The predicted octanol–water partition coefficient (Wildman–Crippen LogP) is 4.55. The number of fused-ring (bicyclic) bond motifs is 1. The lowest BCUT2D eigenvalue weighted by atomic mass is 9.85. The third kappa shape index (κ3) is 2.44. The summed E-state index contributed by atoms with van der Waals surface area (Å²) in [4.78, 5) is 12.7. The topological polar surface area (TPSA) is 26.3 Å². The van der Waals surface area contributed by atoms with Gasteiger partial charge in [0.2, 0.25) is 0 Å². The lowest BCUT2D eigenvalue weighted by Gasteiger charge is -2.16. The normalized spacial score (nSPS) is 15.4. The molecule has 0 amide bonds. The second-order valence-corrected chi connectivity index (χ2v) is 6.61. The van der Waals surface area contributed by atoms with E-state index < -0.39 is 0 Å². The van der Waals surface area contributed by atoms with Crippen LogP contribution in [0.15, 0.2) is 36.4 Å². The van der Waals surface area contributed by atoms with Gasteiger partial charge in [-0.05, 0) is 42.8 Å². The van der Waals surface area contributed by atoms with E-state index in [2.05, 4.69) is 13.8 Å². The molecule has 0 saturated carbocycles. The summed E-state index contributed by atoms with van der Waals surface area (Å²) in [5.41, 5.74) is 3.29. The fourth-order valence-corrected chi connectivity index (χ4v) is 2.83. The summed E-state index contributed by atoms with van der Waals surface area (Å²) in [5.74, 6) is 0.875. The first-order chi connectivity index (χ1) is 9.88.